The molecule has 0 atom stereocenters. The van der Waals surface area contributed by atoms with Crippen LogP contribution < -0.4 is 10.6 Å². The molecule has 4 heteroatoms. The van der Waals surface area contributed by atoms with Gasteiger partial charge in [-0.15, -0.1) is 0 Å². The van der Waals surface area contributed by atoms with Gasteiger partial charge in [0.2, 0.25) is 0 Å². The highest BCUT2D eigenvalue weighted by molar-refractivity contribution is 6.00. The molecule has 0 radical (unpaired) electrons. The zero-order chi connectivity index (χ0) is 12.3. The van der Waals surface area contributed by atoms with Crippen LogP contribution in [0.3, 0.4) is 0 Å². The molecule has 4 nitrogen and oxygen atoms in total. The van der Waals surface area contributed by atoms with Crippen molar-refractivity contribution in [2.75, 3.05) is 11.4 Å². The Morgan fingerprint density at radius 1 is 1.59 bits per heavy atom. The van der Waals surface area contributed by atoms with Crippen LogP contribution in [-0.4, -0.2) is 23.4 Å². The highest BCUT2D eigenvalue weighted by atomic mass is 15.2. The number of hydrogen-bond acceptors (Lipinski definition) is 3. The van der Waals surface area contributed by atoms with Crippen LogP contribution >= 0.6 is 0 Å². The van der Waals surface area contributed by atoms with Crippen LogP contribution in [0.25, 0.3) is 0 Å². The van der Waals surface area contributed by atoms with E-state index in [1.54, 1.807) is 6.20 Å². The fraction of sp³-hybridized carbons (Fsp3) is 0.538. The number of anilines is 1. The first kappa shape index (κ1) is 11.9. The molecule has 1 aliphatic rings. The van der Waals surface area contributed by atoms with Crippen LogP contribution in [0.4, 0.5) is 5.69 Å². The zero-order valence-corrected chi connectivity index (χ0v) is 10.3. The van der Waals surface area contributed by atoms with Crippen LogP contribution in [0.15, 0.2) is 18.5 Å². The predicted molar refractivity (Wildman–Crippen MR) is 70.5 cm³/mol. The summed E-state index contributed by atoms with van der Waals surface area (Å²) in [6.07, 6.45) is 8.38. The molecule has 0 saturated heterocycles. The van der Waals surface area contributed by atoms with Crippen molar-refractivity contribution in [3.63, 3.8) is 0 Å². The Kier molecular flexibility index (Phi) is 3.61. The molecule has 0 amide bonds. The van der Waals surface area contributed by atoms with Crippen molar-refractivity contribution in [2.24, 2.45) is 5.73 Å². The molecule has 1 saturated carbocycles. The zero-order valence-electron chi connectivity index (χ0n) is 10.3. The Morgan fingerprint density at radius 2 is 2.35 bits per heavy atom. The van der Waals surface area contributed by atoms with Crippen molar-refractivity contribution in [1.82, 2.24) is 4.98 Å². The Bertz CT molecular complexity index is 398. The lowest BCUT2D eigenvalue weighted by molar-refractivity contribution is 0.711. The van der Waals surface area contributed by atoms with Gasteiger partial charge >= 0.3 is 0 Å². The van der Waals surface area contributed by atoms with Crippen LogP contribution in [0.5, 0.6) is 0 Å². The topological polar surface area (TPSA) is 66.0 Å². The van der Waals surface area contributed by atoms with E-state index in [1.165, 1.54) is 25.7 Å². The molecule has 0 aromatic carbocycles. The quantitative estimate of drug-likeness (QED) is 0.583. The van der Waals surface area contributed by atoms with E-state index in [-0.39, 0.29) is 5.84 Å². The van der Waals surface area contributed by atoms with Gasteiger partial charge in [0.15, 0.2) is 0 Å². The first-order valence-electron chi connectivity index (χ1n) is 6.29. The van der Waals surface area contributed by atoms with Crippen molar-refractivity contribution in [3.8, 4) is 0 Å². The maximum absolute atomic E-state index is 7.63. The third kappa shape index (κ3) is 2.75. The smallest absolute Gasteiger partial charge is 0.125 e. The largest absolute Gasteiger partial charge is 0.384 e. The van der Waals surface area contributed by atoms with Crippen LogP contribution in [0.1, 0.15) is 38.2 Å². The van der Waals surface area contributed by atoms with E-state index in [4.69, 9.17) is 11.1 Å². The van der Waals surface area contributed by atoms with Crippen LogP contribution in [0, 0.1) is 5.41 Å². The Balaban J connectivity index is 2.25. The number of nitrogens with zero attached hydrogens (tertiary/aromatic N) is 2. The van der Waals surface area contributed by atoms with E-state index >= 15 is 0 Å². The van der Waals surface area contributed by atoms with Gasteiger partial charge < -0.3 is 10.6 Å². The Morgan fingerprint density at radius 3 is 2.94 bits per heavy atom. The average Bonchev–Trinajstić information content (AvgIpc) is 3.14. The second kappa shape index (κ2) is 5.17. The molecule has 0 aliphatic heterocycles. The number of amidine groups is 1. The van der Waals surface area contributed by atoms with E-state index in [9.17, 15) is 0 Å². The second-order valence-electron chi connectivity index (χ2n) is 4.58. The molecule has 0 spiro atoms. The Labute approximate surface area is 102 Å². The SMILES string of the molecule is CCCCN(c1cnccc1C(=N)N)C1CC1. The van der Waals surface area contributed by atoms with Gasteiger partial charge in [0.05, 0.1) is 11.9 Å². The van der Waals surface area contributed by atoms with Gasteiger partial charge in [-0.25, -0.2) is 0 Å². The minimum Gasteiger partial charge on any atom is -0.384 e. The average molecular weight is 232 g/mol. The molecular formula is C13H20N4. The summed E-state index contributed by atoms with van der Waals surface area (Å²) in [6, 6.07) is 2.46. The summed E-state index contributed by atoms with van der Waals surface area (Å²) >= 11 is 0. The number of aromatic nitrogens is 1. The maximum Gasteiger partial charge on any atom is 0.125 e. The second-order valence-corrected chi connectivity index (χ2v) is 4.58. The van der Waals surface area contributed by atoms with Crippen molar-refractivity contribution in [1.29, 1.82) is 5.41 Å². The molecule has 0 bridgehead atoms. The molecule has 1 aromatic rings. The minimum absolute atomic E-state index is 0.129. The number of pyridine rings is 1. The van der Waals surface area contributed by atoms with Gasteiger partial charge in [0.25, 0.3) is 0 Å². The van der Waals surface area contributed by atoms with E-state index < -0.39 is 0 Å². The summed E-state index contributed by atoms with van der Waals surface area (Å²) in [5, 5.41) is 7.63. The highest BCUT2D eigenvalue weighted by Gasteiger charge is 2.30. The summed E-state index contributed by atoms with van der Waals surface area (Å²) in [7, 11) is 0. The van der Waals surface area contributed by atoms with Gasteiger partial charge in [-0.3, -0.25) is 10.4 Å². The van der Waals surface area contributed by atoms with Gasteiger partial charge in [-0.05, 0) is 25.3 Å². The van der Waals surface area contributed by atoms with Crippen molar-refractivity contribution < 1.29 is 0 Å². The molecule has 3 N–H and O–H groups in total. The number of hydrogen-bond donors (Lipinski definition) is 2. The van der Waals surface area contributed by atoms with Crippen LogP contribution in [0.2, 0.25) is 0 Å². The number of nitrogens with one attached hydrogen (secondary N) is 1. The van der Waals surface area contributed by atoms with Crippen molar-refractivity contribution in [3.05, 3.63) is 24.0 Å². The Hall–Kier alpha value is -1.58. The van der Waals surface area contributed by atoms with E-state index in [0.29, 0.717) is 6.04 Å². The molecule has 2 rings (SSSR count). The normalized spacial score (nSPS) is 14.6. The van der Waals surface area contributed by atoms with E-state index in [0.717, 1.165) is 17.8 Å². The third-order valence-corrected chi connectivity index (χ3v) is 3.14. The lowest BCUT2D eigenvalue weighted by Gasteiger charge is -2.26. The number of unbranched alkanes of at least 4 members (excludes halogenated alkanes) is 1. The van der Waals surface area contributed by atoms with Gasteiger partial charge in [0, 0.05) is 24.3 Å². The first-order valence-corrected chi connectivity index (χ1v) is 6.29. The van der Waals surface area contributed by atoms with E-state index in [2.05, 4.69) is 16.8 Å². The predicted octanol–water partition coefficient (Wildman–Crippen LogP) is 2.13. The maximum atomic E-state index is 7.63. The number of nitrogen functional groups attached to an aromatic ring is 1. The molecule has 17 heavy (non-hydrogen) atoms. The lowest BCUT2D eigenvalue weighted by Crippen LogP contribution is -2.29. The molecule has 92 valence electrons. The molecule has 1 fully saturated rings. The molecule has 0 unspecified atom stereocenters. The fourth-order valence-corrected chi connectivity index (χ4v) is 2.06. The summed E-state index contributed by atoms with van der Waals surface area (Å²) in [6.45, 7) is 3.23. The fourth-order valence-electron chi connectivity index (χ4n) is 2.06. The molecule has 1 aliphatic carbocycles. The molecule has 1 heterocycles. The first-order chi connectivity index (χ1) is 8.24. The van der Waals surface area contributed by atoms with Gasteiger partial charge in [-0.2, -0.15) is 0 Å². The summed E-state index contributed by atoms with van der Waals surface area (Å²) in [5.41, 5.74) is 7.46. The summed E-state index contributed by atoms with van der Waals surface area (Å²) in [4.78, 5) is 6.54. The highest BCUT2D eigenvalue weighted by Crippen LogP contribution is 2.33. The van der Waals surface area contributed by atoms with Crippen LogP contribution in [-0.2, 0) is 0 Å². The number of rotatable bonds is 6. The lowest BCUT2D eigenvalue weighted by atomic mass is 10.1. The standard InChI is InChI=1S/C13H20N4/c1-2-3-8-17(10-4-5-10)12-9-16-7-6-11(12)13(14)15/h6-7,9-10H,2-5,8H2,1H3,(H3,14,15). The number of nitrogens with two attached hydrogens (primary N) is 1. The van der Waals surface area contributed by atoms with Gasteiger partial charge in [-0.1, -0.05) is 13.3 Å². The van der Waals surface area contributed by atoms with Gasteiger partial charge in [0.1, 0.15) is 5.84 Å². The molecular weight excluding hydrogens is 212 g/mol. The van der Waals surface area contributed by atoms with E-state index in [1.807, 2.05) is 12.3 Å². The summed E-state index contributed by atoms with van der Waals surface area (Å²) in [5.74, 6) is 0.129. The third-order valence-electron chi connectivity index (χ3n) is 3.14. The monoisotopic (exact) mass is 232 g/mol. The summed E-state index contributed by atoms with van der Waals surface area (Å²) < 4.78 is 0. The minimum atomic E-state index is 0.129. The molecule has 1 aromatic heterocycles. The van der Waals surface area contributed by atoms with Crippen molar-refractivity contribution in [2.45, 2.75) is 38.6 Å². The van der Waals surface area contributed by atoms with Crippen molar-refractivity contribution >= 4 is 11.5 Å².